The predicted octanol–water partition coefficient (Wildman–Crippen LogP) is 2.42. The van der Waals surface area contributed by atoms with E-state index in [4.69, 9.17) is 4.74 Å². The second kappa shape index (κ2) is 7.68. The Morgan fingerprint density at radius 2 is 1.96 bits per heavy atom. The normalized spacial score (nSPS) is 16.2. The number of hydrogen-bond donors (Lipinski definition) is 1. The molecule has 1 aromatic carbocycles. The molecule has 128 valence electrons. The Kier molecular flexibility index (Phi) is 5.88. The van der Waals surface area contributed by atoms with Gasteiger partial charge in [-0.2, -0.15) is 0 Å². The lowest BCUT2D eigenvalue weighted by atomic mass is 10.1. The fourth-order valence-electron chi connectivity index (χ4n) is 2.59. The summed E-state index contributed by atoms with van der Waals surface area (Å²) in [6.45, 7) is 8.28. The molecule has 1 heterocycles. The van der Waals surface area contributed by atoms with Crippen molar-refractivity contribution in [2.45, 2.75) is 39.3 Å². The molecule has 1 fully saturated rings. The van der Waals surface area contributed by atoms with Crippen LogP contribution in [0, 0.1) is 13.8 Å². The summed E-state index contributed by atoms with van der Waals surface area (Å²) in [7, 11) is 4.11. The zero-order chi connectivity index (χ0) is 17.0. The highest BCUT2D eigenvalue weighted by Gasteiger charge is 2.32. The Morgan fingerprint density at radius 1 is 1.35 bits per heavy atom. The smallest absolute Gasteiger partial charge is 0.317 e. The number of benzene rings is 1. The molecule has 1 aromatic rings. The van der Waals surface area contributed by atoms with Crippen LogP contribution in [0.25, 0.3) is 0 Å². The van der Waals surface area contributed by atoms with Gasteiger partial charge in [-0.3, -0.25) is 0 Å². The summed E-state index contributed by atoms with van der Waals surface area (Å²) < 4.78 is 6.04. The summed E-state index contributed by atoms with van der Waals surface area (Å²) in [4.78, 5) is 16.0. The summed E-state index contributed by atoms with van der Waals surface area (Å²) in [5.41, 5.74) is 2.29. The van der Waals surface area contributed by atoms with Crippen molar-refractivity contribution in [1.29, 1.82) is 0 Å². The van der Waals surface area contributed by atoms with E-state index in [2.05, 4.69) is 57.2 Å². The molecule has 2 amide bonds. The molecule has 0 unspecified atom stereocenters. The van der Waals surface area contributed by atoms with E-state index in [9.17, 15) is 4.79 Å². The molecule has 2 rings (SSSR count). The molecular formula is C18H29N3O2. The first-order valence-corrected chi connectivity index (χ1v) is 8.30. The first-order valence-electron chi connectivity index (χ1n) is 8.30. The van der Waals surface area contributed by atoms with Crippen molar-refractivity contribution >= 4 is 6.03 Å². The molecule has 0 radical (unpaired) electrons. The Hall–Kier alpha value is -1.75. The van der Waals surface area contributed by atoms with E-state index in [1.807, 2.05) is 6.07 Å². The van der Waals surface area contributed by atoms with Crippen molar-refractivity contribution in [2.24, 2.45) is 0 Å². The van der Waals surface area contributed by atoms with Crippen LogP contribution >= 0.6 is 0 Å². The highest BCUT2D eigenvalue weighted by atomic mass is 16.5. The van der Waals surface area contributed by atoms with Crippen molar-refractivity contribution in [3.05, 3.63) is 29.3 Å². The number of urea groups is 1. The zero-order valence-corrected chi connectivity index (χ0v) is 14.9. The van der Waals surface area contributed by atoms with Crippen molar-refractivity contribution in [3.8, 4) is 5.75 Å². The van der Waals surface area contributed by atoms with Crippen LogP contribution in [-0.4, -0.2) is 61.7 Å². The minimum Gasteiger partial charge on any atom is -0.486 e. The van der Waals surface area contributed by atoms with Crippen LogP contribution in [0.15, 0.2) is 18.2 Å². The number of nitrogens with zero attached hydrogens (tertiary/aromatic N) is 2. The average Bonchev–Trinajstić information content (AvgIpc) is 2.44. The lowest BCUT2D eigenvalue weighted by molar-refractivity contribution is 0.0435. The maximum absolute atomic E-state index is 12.1. The van der Waals surface area contributed by atoms with Gasteiger partial charge in [0.05, 0.1) is 13.1 Å². The first kappa shape index (κ1) is 17.6. The molecule has 1 N–H and O–H groups in total. The second-order valence-corrected chi connectivity index (χ2v) is 6.70. The van der Waals surface area contributed by atoms with Gasteiger partial charge in [-0.25, -0.2) is 4.79 Å². The van der Waals surface area contributed by atoms with E-state index in [0.29, 0.717) is 25.7 Å². The monoisotopic (exact) mass is 319 g/mol. The molecule has 1 atom stereocenters. The number of likely N-dealkylation sites (tertiary alicyclic amines) is 1. The van der Waals surface area contributed by atoms with Gasteiger partial charge in [0.15, 0.2) is 0 Å². The van der Waals surface area contributed by atoms with Gasteiger partial charge in [0.25, 0.3) is 0 Å². The van der Waals surface area contributed by atoms with Crippen LogP contribution in [0.5, 0.6) is 5.75 Å². The number of ether oxygens (including phenoxy) is 1. The van der Waals surface area contributed by atoms with Gasteiger partial charge in [-0.05, 0) is 52.4 Å². The summed E-state index contributed by atoms with van der Waals surface area (Å²) >= 11 is 0. The van der Waals surface area contributed by atoms with Crippen LogP contribution in [0.1, 0.15) is 24.5 Å². The molecule has 23 heavy (non-hydrogen) atoms. The van der Waals surface area contributed by atoms with Crippen LogP contribution in [0.4, 0.5) is 4.79 Å². The van der Waals surface area contributed by atoms with Crippen molar-refractivity contribution in [2.75, 3.05) is 33.7 Å². The van der Waals surface area contributed by atoms with Crippen molar-refractivity contribution in [3.63, 3.8) is 0 Å². The Morgan fingerprint density at radius 3 is 2.52 bits per heavy atom. The van der Waals surface area contributed by atoms with Gasteiger partial charge in [0.1, 0.15) is 11.9 Å². The van der Waals surface area contributed by atoms with E-state index >= 15 is 0 Å². The molecule has 0 aromatic heterocycles. The minimum absolute atomic E-state index is 0.0114. The van der Waals surface area contributed by atoms with Gasteiger partial charge < -0.3 is 19.9 Å². The molecule has 1 aliphatic rings. The topological polar surface area (TPSA) is 44.8 Å². The van der Waals surface area contributed by atoms with Crippen LogP contribution in [0.3, 0.4) is 0 Å². The summed E-state index contributed by atoms with van der Waals surface area (Å²) in [5.74, 6) is 0.956. The van der Waals surface area contributed by atoms with Gasteiger partial charge in [0, 0.05) is 12.6 Å². The van der Waals surface area contributed by atoms with Crippen LogP contribution < -0.4 is 10.1 Å². The van der Waals surface area contributed by atoms with Crippen LogP contribution in [0.2, 0.25) is 0 Å². The minimum atomic E-state index is 0.0114. The quantitative estimate of drug-likeness (QED) is 0.876. The fourth-order valence-corrected chi connectivity index (χ4v) is 2.59. The van der Waals surface area contributed by atoms with Crippen molar-refractivity contribution < 1.29 is 9.53 Å². The van der Waals surface area contributed by atoms with Crippen LogP contribution in [-0.2, 0) is 0 Å². The van der Waals surface area contributed by atoms with Gasteiger partial charge in [-0.15, -0.1) is 0 Å². The molecule has 5 heteroatoms. The lowest BCUT2D eigenvalue weighted by Crippen LogP contribution is -2.59. The Labute approximate surface area is 139 Å². The predicted molar refractivity (Wildman–Crippen MR) is 93.1 cm³/mol. The van der Waals surface area contributed by atoms with Gasteiger partial charge in [-0.1, -0.05) is 18.2 Å². The SMILES string of the molecule is Cc1cccc(C)c1OC1CN(C(=O)NCC[C@H](C)N(C)C)C1. The third kappa shape index (κ3) is 4.61. The van der Waals surface area contributed by atoms with E-state index in [1.54, 1.807) is 4.90 Å². The number of aryl methyl sites for hydroxylation is 2. The van der Waals surface area contributed by atoms with E-state index in [-0.39, 0.29) is 12.1 Å². The highest BCUT2D eigenvalue weighted by Crippen LogP contribution is 2.25. The standard InChI is InChI=1S/C18H29N3O2/c1-13-7-6-8-14(2)17(13)23-16-11-21(12-16)18(22)19-10-9-15(3)20(4)5/h6-8,15-16H,9-12H2,1-5H3,(H,19,22)/t15-/m0/s1. The Balaban J connectivity index is 1.71. The number of nitrogens with one attached hydrogen (secondary N) is 1. The molecule has 0 saturated carbocycles. The lowest BCUT2D eigenvalue weighted by Gasteiger charge is -2.39. The molecule has 0 aliphatic carbocycles. The molecule has 0 spiro atoms. The molecular weight excluding hydrogens is 290 g/mol. The van der Waals surface area contributed by atoms with Gasteiger partial charge >= 0.3 is 6.03 Å². The van der Waals surface area contributed by atoms with Crippen molar-refractivity contribution in [1.82, 2.24) is 15.1 Å². The molecule has 1 saturated heterocycles. The largest absolute Gasteiger partial charge is 0.486 e. The second-order valence-electron chi connectivity index (χ2n) is 6.70. The zero-order valence-electron chi connectivity index (χ0n) is 14.9. The van der Waals surface area contributed by atoms with E-state index < -0.39 is 0 Å². The molecule has 5 nitrogen and oxygen atoms in total. The molecule has 1 aliphatic heterocycles. The summed E-state index contributed by atoms with van der Waals surface area (Å²) in [5, 5.41) is 2.98. The third-order valence-corrected chi connectivity index (χ3v) is 4.55. The number of amides is 2. The van der Waals surface area contributed by atoms with E-state index in [0.717, 1.165) is 23.3 Å². The average molecular weight is 319 g/mol. The number of hydrogen-bond acceptors (Lipinski definition) is 3. The Bertz CT molecular complexity index is 519. The first-order chi connectivity index (χ1) is 10.9. The maximum Gasteiger partial charge on any atom is 0.317 e. The molecule has 0 bridgehead atoms. The number of carbonyl (C=O) groups is 1. The fraction of sp³-hybridized carbons (Fsp3) is 0.611. The third-order valence-electron chi connectivity index (χ3n) is 4.55. The van der Waals surface area contributed by atoms with E-state index in [1.165, 1.54) is 0 Å². The summed E-state index contributed by atoms with van der Waals surface area (Å²) in [6, 6.07) is 6.62. The number of rotatable bonds is 6. The maximum atomic E-state index is 12.1. The summed E-state index contributed by atoms with van der Waals surface area (Å²) in [6.07, 6.45) is 1.05. The van der Waals surface area contributed by atoms with Gasteiger partial charge in [0.2, 0.25) is 0 Å². The highest BCUT2D eigenvalue weighted by molar-refractivity contribution is 5.75. The number of para-hydroxylation sites is 1. The number of carbonyl (C=O) groups excluding carboxylic acids is 1.